The van der Waals surface area contributed by atoms with Crippen molar-refractivity contribution in [1.29, 1.82) is 0 Å². The summed E-state index contributed by atoms with van der Waals surface area (Å²) in [5.41, 5.74) is 0. The van der Waals surface area contributed by atoms with E-state index in [-0.39, 0.29) is 0 Å². The summed E-state index contributed by atoms with van der Waals surface area (Å²) >= 11 is 1.70. The molecule has 20 heavy (non-hydrogen) atoms. The molecule has 1 nitrogen and oxygen atoms in total. The van der Waals surface area contributed by atoms with Crippen LogP contribution < -0.4 is 0 Å². The molecule has 2 heteroatoms. The van der Waals surface area contributed by atoms with Gasteiger partial charge in [-0.1, -0.05) is 39.0 Å². The van der Waals surface area contributed by atoms with Gasteiger partial charge in [0.1, 0.15) is 0 Å². The molecule has 0 aliphatic heterocycles. The van der Waals surface area contributed by atoms with Crippen molar-refractivity contribution >= 4 is 4.09 Å². The third-order valence-corrected chi connectivity index (χ3v) is 4.40. The molecule has 0 saturated carbocycles. The Morgan fingerprint density at radius 1 is 0.600 bits per heavy atom. The topological polar surface area (TPSA) is 17.1 Å². The SMILES string of the molecule is CCCCCCCCCCCCCCCCC[C](=O)[Ti]. The van der Waals surface area contributed by atoms with E-state index in [4.69, 9.17) is 0 Å². The Bertz CT molecular complexity index is 204. The quantitative estimate of drug-likeness (QED) is 0.240. The average Bonchev–Trinajstić information content (AvgIpc) is 2.43. The first-order valence-corrected chi connectivity index (χ1v) is 9.80. The van der Waals surface area contributed by atoms with Gasteiger partial charge >= 0.3 is 99.9 Å². The number of hydrogen-bond acceptors (Lipinski definition) is 1. The van der Waals surface area contributed by atoms with Gasteiger partial charge in [0.05, 0.1) is 0 Å². The second-order valence-electron chi connectivity index (χ2n) is 6.12. The molecule has 0 rings (SSSR count). The van der Waals surface area contributed by atoms with Crippen LogP contribution in [0.15, 0.2) is 0 Å². The molecule has 117 valence electrons. The van der Waals surface area contributed by atoms with Crippen molar-refractivity contribution in [3.8, 4) is 0 Å². The van der Waals surface area contributed by atoms with Crippen molar-refractivity contribution in [3.05, 3.63) is 0 Å². The van der Waals surface area contributed by atoms with E-state index in [0.717, 1.165) is 12.8 Å². The van der Waals surface area contributed by atoms with E-state index >= 15 is 0 Å². The van der Waals surface area contributed by atoms with E-state index in [9.17, 15) is 4.79 Å². The van der Waals surface area contributed by atoms with E-state index in [1.807, 2.05) is 0 Å². The zero-order chi connectivity index (χ0) is 14.9. The Hall–Kier alpha value is 0.384. The van der Waals surface area contributed by atoms with Crippen LogP contribution in [0.25, 0.3) is 0 Å². The van der Waals surface area contributed by atoms with Gasteiger partial charge in [-0.3, -0.25) is 0 Å². The average molecular weight is 315 g/mol. The number of unbranched alkanes of at least 4 members (excludes halogenated alkanes) is 14. The van der Waals surface area contributed by atoms with Gasteiger partial charge in [-0.25, -0.2) is 0 Å². The Labute approximate surface area is 139 Å². The molecule has 0 spiro atoms. The van der Waals surface area contributed by atoms with Gasteiger partial charge in [0.2, 0.25) is 0 Å². The summed E-state index contributed by atoms with van der Waals surface area (Å²) in [6.45, 7) is 2.28. The van der Waals surface area contributed by atoms with Crippen molar-refractivity contribution in [2.45, 2.75) is 110 Å². The molecule has 0 aromatic carbocycles. The minimum absolute atomic E-state index is 0.347. The third-order valence-electron chi connectivity index (χ3n) is 4.01. The van der Waals surface area contributed by atoms with Crippen molar-refractivity contribution in [2.75, 3.05) is 0 Å². The molecular formula is C18H35OTi. The summed E-state index contributed by atoms with van der Waals surface area (Å²) in [7, 11) is 0. The summed E-state index contributed by atoms with van der Waals surface area (Å²) < 4.78 is 0.347. The Morgan fingerprint density at radius 2 is 0.900 bits per heavy atom. The molecule has 0 saturated heterocycles. The second-order valence-corrected chi connectivity index (χ2v) is 6.99. The maximum absolute atomic E-state index is 10.8. The van der Waals surface area contributed by atoms with Crippen molar-refractivity contribution < 1.29 is 25.2 Å². The van der Waals surface area contributed by atoms with Crippen LogP contribution >= 0.6 is 0 Å². The summed E-state index contributed by atoms with van der Waals surface area (Å²) in [6, 6.07) is 0. The molecule has 0 fully saturated rings. The molecule has 0 amide bonds. The fourth-order valence-electron chi connectivity index (χ4n) is 2.66. The molecule has 0 aliphatic carbocycles. The van der Waals surface area contributed by atoms with Gasteiger partial charge in [0.25, 0.3) is 0 Å². The predicted octanol–water partition coefficient (Wildman–Crippen LogP) is 6.32. The first kappa shape index (κ1) is 20.4. The van der Waals surface area contributed by atoms with Crippen LogP contribution in [0.3, 0.4) is 0 Å². The molecular weight excluding hydrogens is 280 g/mol. The van der Waals surface area contributed by atoms with Gasteiger partial charge in [0, 0.05) is 0 Å². The van der Waals surface area contributed by atoms with Crippen LogP contribution in [0.1, 0.15) is 110 Å². The number of hydrogen-bond donors (Lipinski definition) is 0. The second kappa shape index (κ2) is 17.4. The summed E-state index contributed by atoms with van der Waals surface area (Å²) in [5, 5.41) is 0. The van der Waals surface area contributed by atoms with Gasteiger partial charge in [-0.2, -0.15) is 0 Å². The standard InChI is InChI=1S/C18H35O.Ti/c1-2-3-4-5-6-7-8-9-10-11-12-13-14-15-16-17-18-19;/h2-17H2,1H3;. The summed E-state index contributed by atoms with van der Waals surface area (Å²) in [4.78, 5) is 10.8. The van der Waals surface area contributed by atoms with Gasteiger partial charge in [0.15, 0.2) is 0 Å². The first-order chi connectivity index (χ1) is 9.77. The molecule has 0 aromatic heterocycles. The predicted molar refractivity (Wildman–Crippen MR) is 84.6 cm³/mol. The zero-order valence-electron chi connectivity index (χ0n) is 13.7. The molecule has 0 unspecified atom stereocenters. The molecule has 0 aliphatic rings. The Balaban J connectivity index is 2.94. The molecule has 0 atom stereocenters. The minimum atomic E-state index is 0.347. The van der Waals surface area contributed by atoms with E-state index in [2.05, 4.69) is 6.92 Å². The van der Waals surface area contributed by atoms with Crippen LogP contribution in [-0.4, -0.2) is 4.09 Å². The Kier molecular flexibility index (Phi) is 17.8. The number of carbonyl (C=O) groups excluding carboxylic acids is 1. The monoisotopic (exact) mass is 315 g/mol. The van der Waals surface area contributed by atoms with E-state index in [1.54, 1.807) is 20.4 Å². The molecule has 0 N–H and O–H groups in total. The van der Waals surface area contributed by atoms with E-state index < -0.39 is 0 Å². The Morgan fingerprint density at radius 3 is 1.20 bits per heavy atom. The first-order valence-electron chi connectivity index (χ1n) is 9.01. The molecule has 0 radical (unpaired) electrons. The van der Waals surface area contributed by atoms with Crippen LogP contribution in [0.5, 0.6) is 0 Å². The molecule has 0 bridgehead atoms. The van der Waals surface area contributed by atoms with Crippen LogP contribution in [0.2, 0.25) is 0 Å². The molecule has 0 aromatic rings. The van der Waals surface area contributed by atoms with Crippen molar-refractivity contribution in [2.24, 2.45) is 0 Å². The van der Waals surface area contributed by atoms with E-state index in [1.165, 1.54) is 89.9 Å². The van der Waals surface area contributed by atoms with Crippen molar-refractivity contribution in [3.63, 3.8) is 0 Å². The summed E-state index contributed by atoms with van der Waals surface area (Å²) in [6.07, 6.45) is 21.6. The number of rotatable bonds is 16. The normalized spacial score (nSPS) is 10.8. The third kappa shape index (κ3) is 18.4. The van der Waals surface area contributed by atoms with Crippen LogP contribution in [0.4, 0.5) is 0 Å². The fraction of sp³-hybridized carbons (Fsp3) is 0.944. The van der Waals surface area contributed by atoms with E-state index in [0.29, 0.717) is 4.09 Å². The maximum atomic E-state index is 10.8. The zero-order valence-corrected chi connectivity index (χ0v) is 15.3. The fourth-order valence-corrected chi connectivity index (χ4v) is 2.93. The van der Waals surface area contributed by atoms with Crippen LogP contribution in [-0.2, 0) is 25.2 Å². The van der Waals surface area contributed by atoms with Gasteiger partial charge in [-0.15, -0.1) is 0 Å². The van der Waals surface area contributed by atoms with Crippen molar-refractivity contribution in [1.82, 2.24) is 0 Å². The molecule has 0 heterocycles. The van der Waals surface area contributed by atoms with Gasteiger partial charge < -0.3 is 0 Å². The summed E-state index contributed by atoms with van der Waals surface area (Å²) in [5.74, 6) is 0. The van der Waals surface area contributed by atoms with Gasteiger partial charge in [-0.05, 0) is 0 Å². The number of carbonyl (C=O) groups is 1. The van der Waals surface area contributed by atoms with Crippen LogP contribution in [0, 0.1) is 0 Å².